The average Bonchev–Trinajstić information content (AvgIpc) is 3.46. The molecule has 39 heavy (non-hydrogen) atoms. The van der Waals surface area contributed by atoms with Gasteiger partial charge in [0.25, 0.3) is 0 Å². The summed E-state index contributed by atoms with van der Waals surface area (Å²) < 4.78 is 1.93. The molecule has 0 unspecified atom stereocenters. The van der Waals surface area contributed by atoms with E-state index in [2.05, 4.69) is 102 Å². The van der Waals surface area contributed by atoms with E-state index in [1.54, 1.807) is 0 Å². The highest BCUT2D eigenvalue weighted by Gasteiger charge is 2.28. The van der Waals surface area contributed by atoms with Crippen LogP contribution in [0.5, 0.6) is 0 Å². The minimum absolute atomic E-state index is 0.706. The summed E-state index contributed by atoms with van der Waals surface area (Å²) >= 11 is 0. The molecule has 0 N–H and O–H groups in total. The van der Waals surface area contributed by atoms with Gasteiger partial charge >= 0.3 is 0 Å². The van der Waals surface area contributed by atoms with Gasteiger partial charge in [0.15, 0.2) is 11.6 Å². The topological polar surface area (TPSA) is 37.2 Å². The minimum Gasteiger partial charge on any atom is -0.338 e. The highest BCUT2D eigenvalue weighted by molar-refractivity contribution is 5.97. The van der Waals surface area contributed by atoms with Crippen LogP contribution in [0.3, 0.4) is 0 Å². The Bertz CT molecular complexity index is 1690. The molecule has 5 nitrogen and oxygen atoms in total. The van der Waals surface area contributed by atoms with Crippen molar-refractivity contribution in [1.29, 1.82) is 0 Å². The Labute approximate surface area is 228 Å². The number of hydrogen-bond acceptors (Lipinski definition) is 4. The van der Waals surface area contributed by atoms with Crippen LogP contribution in [0, 0.1) is 0 Å². The summed E-state index contributed by atoms with van der Waals surface area (Å²) in [6.07, 6.45) is 0. The summed E-state index contributed by atoms with van der Waals surface area (Å²) in [6.45, 7) is 3.10. The number of para-hydroxylation sites is 5. The minimum atomic E-state index is 0.706. The fourth-order valence-corrected chi connectivity index (χ4v) is 5.36. The van der Waals surface area contributed by atoms with Crippen LogP contribution in [0.2, 0.25) is 0 Å². The molecule has 1 aliphatic rings. The van der Waals surface area contributed by atoms with Gasteiger partial charge in [-0.3, -0.25) is 0 Å². The molecule has 0 saturated heterocycles. The average molecular weight is 506 g/mol. The first-order valence-electron chi connectivity index (χ1n) is 13.3. The molecule has 0 atom stereocenters. The van der Waals surface area contributed by atoms with E-state index in [1.165, 1.54) is 22.7 Å². The largest absolute Gasteiger partial charge is 0.338 e. The molecule has 0 aliphatic carbocycles. The smallest absolute Gasteiger partial charge is 0.182 e. The van der Waals surface area contributed by atoms with Gasteiger partial charge in [-0.15, -0.1) is 5.10 Å². The predicted octanol–water partition coefficient (Wildman–Crippen LogP) is 8.54. The molecule has 6 aromatic rings. The summed E-state index contributed by atoms with van der Waals surface area (Å²) in [5.41, 5.74) is 8.83. The van der Waals surface area contributed by atoms with Gasteiger partial charge in [0, 0.05) is 23.4 Å². The van der Waals surface area contributed by atoms with E-state index in [1.807, 2.05) is 53.2 Å². The van der Waals surface area contributed by atoms with Crippen molar-refractivity contribution in [2.45, 2.75) is 6.92 Å². The zero-order valence-electron chi connectivity index (χ0n) is 21.6. The third-order valence-electron chi connectivity index (χ3n) is 7.17. The molecule has 5 heteroatoms. The number of rotatable bonds is 5. The Morgan fingerprint density at radius 1 is 0.513 bits per heavy atom. The Balaban J connectivity index is 1.34. The second-order valence-electron chi connectivity index (χ2n) is 9.48. The first kappa shape index (κ1) is 23.0. The summed E-state index contributed by atoms with van der Waals surface area (Å²) in [6, 6.07) is 46.2. The van der Waals surface area contributed by atoms with E-state index >= 15 is 0 Å². The Morgan fingerprint density at radius 2 is 1.05 bits per heavy atom. The number of anilines is 5. The van der Waals surface area contributed by atoms with Crippen molar-refractivity contribution >= 4 is 28.4 Å². The number of fused-ring (bicyclic) bond motifs is 2. The van der Waals surface area contributed by atoms with Gasteiger partial charge in [-0.2, -0.15) is 0 Å². The molecule has 0 saturated carbocycles. The van der Waals surface area contributed by atoms with Crippen LogP contribution in [-0.2, 0) is 0 Å². The van der Waals surface area contributed by atoms with Crippen LogP contribution in [0.1, 0.15) is 6.92 Å². The Morgan fingerprint density at radius 3 is 1.64 bits per heavy atom. The standard InChI is InChI=1S/C34H27N5/c1-2-37-29-17-9-11-19-31(29)38(32-20-12-10-18-30(32)37)27-23-21-26(22-24-27)34-35-33(25-13-5-3-6-14-25)36-39(34)28-15-7-4-8-16-28/h3-24H,2H2,1H3. The highest BCUT2D eigenvalue weighted by atomic mass is 15.4. The van der Waals surface area contributed by atoms with Gasteiger partial charge in [-0.25, -0.2) is 9.67 Å². The van der Waals surface area contributed by atoms with Gasteiger partial charge in [-0.05, 0) is 67.6 Å². The quantitative estimate of drug-likeness (QED) is 0.235. The first-order chi connectivity index (χ1) is 19.3. The van der Waals surface area contributed by atoms with E-state index in [-0.39, 0.29) is 0 Å². The van der Waals surface area contributed by atoms with Crippen LogP contribution in [0.25, 0.3) is 28.5 Å². The molecular weight excluding hydrogens is 478 g/mol. The van der Waals surface area contributed by atoms with Gasteiger partial charge in [-0.1, -0.05) is 72.8 Å². The zero-order chi connectivity index (χ0) is 26.2. The van der Waals surface area contributed by atoms with Crippen molar-refractivity contribution in [3.8, 4) is 28.5 Å². The maximum atomic E-state index is 4.99. The number of hydrogen-bond donors (Lipinski definition) is 0. The van der Waals surface area contributed by atoms with Crippen LogP contribution in [0.4, 0.5) is 28.4 Å². The molecule has 0 amide bonds. The molecular formula is C34H27N5. The lowest BCUT2D eigenvalue weighted by Crippen LogP contribution is -2.26. The third kappa shape index (κ3) is 3.96. The van der Waals surface area contributed by atoms with E-state index in [9.17, 15) is 0 Å². The zero-order valence-corrected chi connectivity index (χ0v) is 21.6. The molecule has 5 aromatic carbocycles. The van der Waals surface area contributed by atoms with Gasteiger partial charge < -0.3 is 9.80 Å². The molecule has 0 radical (unpaired) electrons. The second-order valence-corrected chi connectivity index (χ2v) is 9.48. The number of nitrogens with zero attached hydrogens (tertiary/aromatic N) is 5. The first-order valence-corrected chi connectivity index (χ1v) is 13.3. The van der Waals surface area contributed by atoms with E-state index < -0.39 is 0 Å². The monoisotopic (exact) mass is 505 g/mol. The fraction of sp³-hybridized carbons (Fsp3) is 0.0588. The molecule has 1 aliphatic heterocycles. The molecule has 188 valence electrons. The Kier molecular flexibility index (Phi) is 5.67. The van der Waals surface area contributed by atoms with E-state index in [4.69, 9.17) is 10.1 Å². The molecule has 7 rings (SSSR count). The molecule has 0 spiro atoms. The fourth-order valence-electron chi connectivity index (χ4n) is 5.36. The van der Waals surface area contributed by atoms with Crippen molar-refractivity contribution in [1.82, 2.24) is 14.8 Å². The maximum absolute atomic E-state index is 4.99. The lowest BCUT2D eigenvalue weighted by molar-refractivity contribution is 0.890. The van der Waals surface area contributed by atoms with Crippen molar-refractivity contribution in [2.75, 3.05) is 16.3 Å². The van der Waals surface area contributed by atoms with Crippen LogP contribution >= 0.6 is 0 Å². The van der Waals surface area contributed by atoms with Gasteiger partial charge in [0.05, 0.1) is 28.4 Å². The van der Waals surface area contributed by atoms with Crippen molar-refractivity contribution in [3.63, 3.8) is 0 Å². The van der Waals surface area contributed by atoms with Gasteiger partial charge in [0.2, 0.25) is 0 Å². The van der Waals surface area contributed by atoms with Crippen LogP contribution in [-0.4, -0.2) is 21.3 Å². The third-order valence-corrected chi connectivity index (χ3v) is 7.17. The van der Waals surface area contributed by atoms with Crippen molar-refractivity contribution in [3.05, 3.63) is 133 Å². The summed E-state index contributed by atoms with van der Waals surface area (Å²) in [5.74, 6) is 1.51. The molecule has 0 fully saturated rings. The van der Waals surface area contributed by atoms with E-state index in [0.717, 1.165) is 34.9 Å². The number of aromatic nitrogens is 3. The summed E-state index contributed by atoms with van der Waals surface area (Å²) in [5, 5.41) is 4.91. The van der Waals surface area contributed by atoms with E-state index in [0.29, 0.717) is 5.82 Å². The second kappa shape index (κ2) is 9.62. The van der Waals surface area contributed by atoms with Gasteiger partial charge in [0.1, 0.15) is 0 Å². The summed E-state index contributed by atoms with van der Waals surface area (Å²) in [4.78, 5) is 9.72. The lowest BCUT2D eigenvalue weighted by atomic mass is 10.1. The number of benzene rings is 5. The van der Waals surface area contributed by atoms with Crippen LogP contribution < -0.4 is 9.80 Å². The lowest BCUT2D eigenvalue weighted by Gasteiger charge is -2.39. The summed E-state index contributed by atoms with van der Waals surface area (Å²) in [7, 11) is 0. The Hall–Kier alpha value is -5.16. The SMILES string of the molecule is CCN1c2ccccc2N(c2ccc(-c3nc(-c4ccccc4)nn3-c3ccccc3)cc2)c2ccccc21. The van der Waals surface area contributed by atoms with Crippen molar-refractivity contribution in [2.24, 2.45) is 0 Å². The molecule has 0 bridgehead atoms. The van der Waals surface area contributed by atoms with Crippen molar-refractivity contribution < 1.29 is 0 Å². The van der Waals surface area contributed by atoms with Crippen LogP contribution in [0.15, 0.2) is 133 Å². The predicted molar refractivity (Wildman–Crippen MR) is 160 cm³/mol. The molecule has 1 aromatic heterocycles. The molecule has 2 heterocycles. The normalized spacial score (nSPS) is 12.2. The highest BCUT2D eigenvalue weighted by Crippen LogP contribution is 2.51. The maximum Gasteiger partial charge on any atom is 0.182 e.